The van der Waals surface area contributed by atoms with Gasteiger partial charge in [-0.3, -0.25) is 9.00 Å². The minimum atomic E-state index is -1.10. The number of benzene rings is 2. The third-order valence-corrected chi connectivity index (χ3v) is 4.95. The molecule has 0 bridgehead atoms. The van der Waals surface area contributed by atoms with Gasteiger partial charge in [0.25, 0.3) is 0 Å². The van der Waals surface area contributed by atoms with Crippen molar-refractivity contribution in [3.05, 3.63) is 71.8 Å². The van der Waals surface area contributed by atoms with E-state index in [-0.39, 0.29) is 5.91 Å². The van der Waals surface area contributed by atoms with E-state index in [1.54, 1.807) is 6.92 Å². The van der Waals surface area contributed by atoms with Crippen molar-refractivity contribution < 1.29 is 9.00 Å². The zero-order chi connectivity index (χ0) is 16.7. The van der Waals surface area contributed by atoms with Crippen LogP contribution >= 0.6 is 0 Å². The van der Waals surface area contributed by atoms with Crippen LogP contribution in [0.15, 0.2) is 60.7 Å². The summed E-state index contributed by atoms with van der Waals surface area (Å²) in [4.78, 5) is 12.3. The summed E-state index contributed by atoms with van der Waals surface area (Å²) in [5.74, 6) is 0.640. The van der Waals surface area contributed by atoms with Crippen molar-refractivity contribution in [1.82, 2.24) is 5.32 Å². The van der Waals surface area contributed by atoms with Gasteiger partial charge in [0.05, 0.1) is 0 Å². The standard InChI is InChI=1S/C18H22N2O2S/c1-18(19,16-10-6-3-7-11-16)17(21)20-12-13-23(22)14-15-8-4-2-5-9-15/h2-11H,12-14,19H2,1H3,(H,20,21). The highest BCUT2D eigenvalue weighted by atomic mass is 32.2. The number of rotatable bonds is 7. The quantitative estimate of drug-likeness (QED) is 0.815. The molecule has 0 saturated heterocycles. The van der Waals surface area contributed by atoms with Gasteiger partial charge in [-0.2, -0.15) is 0 Å². The highest BCUT2D eigenvalue weighted by Gasteiger charge is 2.29. The lowest BCUT2D eigenvalue weighted by Gasteiger charge is -2.24. The first-order valence-electron chi connectivity index (χ1n) is 7.52. The fourth-order valence-corrected chi connectivity index (χ4v) is 3.25. The van der Waals surface area contributed by atoms with Crippen molar-refractivity contribution in [2.75, 3.05) is 12.3 Å². The second-order valence-corrected chi connectivity index (χ2v) is 7.17. The van der Waals surface area contributed by atoms with Crippen LogP contribution in [0.25, 0.3) is 0 Å². The number of carbonyl (C=O) groups is 1. The molecule has 2 atom stereocenters. The molecule has 122 valence electrons. The van der Waals surface area contributed by atoms with Gasteiger partial charge >= 0.3 is 0 Å². The van der Waals surface area contributed by atoms with Crippen LogP contribution in [0.5, 0.6) is 0 Å². The summed E-state index contributed by atoms with van der Waals surface area (Å²) in [5.41, 5.74) is 6.82. The Bertz CT molecular complexity index is 657. The van der Waals surface area contributed by atoms with E-state index in [1.807, 2.05) is 60.7 Å². The van der Waals surface area contributed by atoms with Crippen LogP contribution in [0.2, 0.25) is 0 Å². The summed E-state index contributed by atoms with van der Waals surface area (Å²) in [7, 11) is -1.01. The van der Waals surface area contributed by atoms with Crippen LogP contribution in [0.4, 0.5) is 0 Å². The van der Waals surface area contributed by atoms with Gasteiger partial charge in [0.2, 0.25) is 5.91 Å². The third kappa shape index (κ3) is 5.01. The first-order chi connectivity index (χ1) is 11.0. The molecule has 1 amide bonds. The van der Waals surface area contributed by atoms with Crippen LogP contribution in [-0.2, 0) is 26.9 Å². The fraction of sp³-hybridized carbons (Fsp3) is 0.278. The Morgan fingerprint density at radius 2 is 1.65 bits per heavy atom. The molecule has 0 heterocycles. The van der Waals surface area contributed by atoms with Gasteiger partial charge < -0.3 is 11.1 Å². The lowest BCUT2D eigenvalue weighted by Crippen LogP contribution is -2.49. The smallest absolute Gasteiger partial charge is 0.244 e. The highest BCUT2D eigenvalue weighted by molar-refractivity contribution is 7.84. The molecule has 0 aliphatic carbocycles. The van der Waals surface area contributed by atoms with Crippen molar-refractivity contribution in [1.29, 1.82) is 0 Å². The number of nitrogens with one attached hydrogen (secondary N) is 1. The van der Waals surface area contributed by atoms with E-state index in [0.29, 0.717) is 18.1 Å². The molecule has 0 spiro atoms. The minimum Gasteiger partial charge on any atom is -0.353 e. The Balaban J connectivity index is 1.81. The van der Waals surface area contributed by atoms with E-state index < -0.39 is 16.3 Å². The summed E-state index contributed by atoms with van der Waals surface area (Å²) in [5, 5.41) is 2.78. The van der Waals surface area contributed by atoms with Crippen LogP contribution < -0.4 is 11.1 Å². The van der Waals surface area contributed by atoms with Gasteiger partial charge in [0.1, 0.15) is 5.54 Å². The maximum atomic E-state index is 12.3. The van der Waals surface area contributed by atoms with Gasteiger partial charge in [0.15, 0.2) is 0 Å². The maximum absolute atomic E-state index is 12.3. The molecular formula is C18H22N2O2S. The summed E-state index contributed by atoms with van der Waals surface area (Å²) in [6, 6.07) is 18.9. The van der Waals surface area contributed by atoms with Crippen LogP contribution in [-0.4, -0.2) is 22.4 Å². The number of amides is 1. The number of hydrogen-bond acceptors (Lipinski definition) is 3. The van der Waals surface area contributed by atoms with Crippen LogP contribution in [0, 0.1) is 0 Å². The van der Waals surface area contributed by atoms with Gasteiger partial charge in [0, 0.05) is 28.9 Å². The molecular weight excluding hydrogens is 308 g/mol. The van der Waals surface area contributed by atoms with Gasteiger partial charge in [-0.1, -0.05) is 60.7 Å². The highest BCUT2D eigenvalue weighted by Crippen LogP contribution is 2.17. The fourth-order valence-electron chi connectivity index (χ4n) is 2.21. The lowest BCUT2D eigenvalue weighted by atomic mass is 9.92. The topological polar surface area (TPSA) is 72.2 Å². The molecule has 23 heavy (non-hydrogen) atoms. The number of nitrogens with two attached hydrogens (primary N) is 1. The Morgan fingerprint density at radius 3 is 2.26 bits per heavy atom. The first-order valence-corrected chi connectivity index (χ1v) is 9.00. The molecule has 0 fully saturated rings. The second kappa shape index (κ2) is 8.04. The lowest BCUT2D eigenvalue weighted by molar-refractivity contribution is -0.125. The van der Waals surface area contributed by atoms with Crippen molar-refractivity contribution in [3.8, 4) is 0 Å². The average Bonchev–Trinajstić information content (AvgIpc) is 2.56. The Labute approximate surface area is 139 Å². The van der Waals surface area contributed by atoms with Crippen molar-refractivity contribution in [2.45, 2.75) is 18.2 Å². The SMILES string of the molecule is CC(N)(C(=O)NCCS(=O)Cc1ccccc1)c1ccccc1. The second-order valence-electron chi connectivity index (χ2n) is 5.60. The molecule has 2 unspecified atom stereocenters. The zero-order valence-corrected chi connectivity index (χ0v) is 14.0. The molecule has 2 rings (SSSR count). The van der Waals surface area contributed by atoms with E-state index >= 15 is 0 Å². The summed E-state index contributed by atoms with van der Waals surface area (Å²) >= 11 is 0. The average molecular weight is 330 g/mol. The zero-order valence-electron chi connectivity index (χ0n) is 13.2. The van der Waals surface area contributed by atoms with Crippen LogP contribution in [0.1, 0.15) is 18.1 Å². The Morgan fingerprint density at radius 1 is 1.09 bits per heavy atom. The molecule has 2 aromatic carbocycles. The predicted molar refractivity (Wildman–Crippen MR) is 94.1 cm³/mol. The third-order valence-electron chi connectivity index (χ3n) is 3.63. The summed E-state index contributed by atoms with van der Waals surface area (Å²) in [6.45, 7) is 2.02. The molecule has 0 radical (unpaired) electrons. The molecule has 0 aliphatic heterocycles. The van der Waals surface area contributed by atoms with Crippen molar-refractivity contribution >= 4 is 16.7 Å². The molecule has 0 aromatic heterocycles. The Kier molecular flexibility index (Phi) is 6.07. The molecule has 2 aromatic rings. The van der Waals surface area contributed by atoms with Crippen molar-refractivity contribution in [2.24, 2.45) is 5.73 Å². The number of carbonyl (C=O) groups excluding carboxylic acids is 1. The summed E-state index contributed by atoms with van der Waals surface area (Å²) < 4.78 is 12.0. The predicted octanol–water partition coefficient (Wildman–Crippen LogP) is 1.93. The first kappa shape index (κ1) is 17.4. The molecule has 3 N–H and O–H groups in total. The van der Waals surface area contributed by atoms with Crippen LogP contribution in [0.3, 0.4) is 0 Å². The van der Waals surface area contributed by atoms with E-state index in [0.717, 1.165) is 11.1 Å². The molecule has 4 nitrogen and oxygen atoms in total. The molecule has 5 heteroatoms. The van der Waals surface area contributed by atoms with Gasteiger partial charge in [-0.05, 0) is 18.1 Å². The van der Waals surface area contributed by atoms with Crippen molar-refractivity contribution in [3.63, 3.8) is 0 Å². The maximum Gasteiger partial charge on any atom is 0.244 e. The van der Waals surface area contributed by atoms with Gasteiger partial charge in [-0.15, -0.1) is 0 Å². The van der Waals surface area contributed by atoms with E-state index in [4.69, 9.17) is 5.73 Å². The Hall–Kier alpha value is -1.98. The minimum absolute atomic E-state index is 0.264. The van der Waals surface area contributed by atoms with E-state index in [9.17, 15) is 9.00 Å². The monoisotopic (exact) mass is 330 g/mol. The molecule has 0 aliphatic rings. The summed E-state index contributed by atoms with van der Waals surface area (Å²) in [6.07, 6.45) is 0. The molecule has 0 saturated carbocycles. The van der Waals surface area contributed by atoms with Gasteiger partial charge in [-0.25, -0.2) is 0 Å². The number of hydrogen-bond donors (Lipinski definition) is 2. The van der Waals surface area contributed by atoms with E-state index in [1.165, 1.54) is 0 Å². The van der Waals surface area contributed by atoms with E-state index in [2.05, 4.69) is 5.32 Å². The largest absolute Gasteiger partial charge is 0.353 e. The normalized spacial score (nSPS) is 14.7.